The zero-order valence-electron chi connectivity index (χ0n) is 9.81. The number of hydrogen-bond donors (Lipinski definition) is 2. The Kier molecular flexibility index (Phi) is 3.75. The minimum Gasteiger partial charge on any atom is -0.395 e. The summed E-state index contributed by atoms with van der Waals surface area (Å²) in [5, 5.41) is 13.0. The van der Waals surface area contributed by atoms with Gasteiger partial charge in [0, 0.05) is 17.5 Å². The van der Waals surface area contributed by atoms with E-state index in [1.165, 1.54) is 6.42 Å². The molecule has 2 rings (SSSR count). The molecule has 0 spiro atoms. The van der Waals surface area contributed by atoms with E-state index in [9.17, 15) is 0 Å². The first-order valence-electron chi connectivity index (χ1n) is 5.68. The van der Waals surface area contributed by atoms with Gasteiger partial charge in [0.15, 0.2) is 5.82 Å². The van der Waals surface area contributed by atoms with Gasteiger partial charge in [-0.25, -0.2) is 4.98 Å². The van der Waals surface area contributed by atoms with Crippen molar-refractivity contribution in [2.45, 2.75) is 30.6 Å². The number of pyridine rings is 1. The summed E-state index contributed by atoms with van der Waals surface area (Å²) >= 11 is 1.91. The van der Waals surface area contributed by atoms with Crippen molar-refractivity contribution in [1.82, 2.24) is 4.98 Å². The van der Waals surface area contributed by atoms with Crippen LogP contribution < -0.4 is 11.1 Å². The zero-order chi connectivity index (χ0) is 12.3. The van der Waals surface area contributed by atoms with E-state index in [2.05, 4.69) is 22.6 Å². The van der Waals surface area contributed by atoms with Crippen LogP contribution in [0.2, 0.25) is 0 Å². The summed E-state index contributed by atoms with van der Waals surface area (Å²) in [4.78, 5) is 4.21. The summed E-state index contributed by atoms with van der Waals surface area (Å²) in [6.45, 7) is 0. The summed E-state index contributed by atoms with van der Waals surface area (Å²) < 4.78 is 0. The molecule has 1 aliphatic rings. The quantitative estimate of drug-likeness (QED) is 0.858. The molecule has 1 saturated carbocycles. The highest BCUT2D eigenvalue weighted by Gasteiger charge is 2.24. The van der Waals surface area contributed by atoms with E-state index in [4.69, 9.17) is 11.0 Å². The highest BCUT2D eigenvalue weighted by Crippen LogP contribution is 2.31. The van der Waals surface area contributed by atoms with Crippen LogP contribution in [0.3, 0.4) is 0 Å². The monoisotopic (exact) mass is 248 g/mol. The molecule has 1 aromatic heterocycles. The maximum absolute atomic E-state index is 8.89. The van der Waals surface area contributed by atoms with Gasteiger partial charge in [-0.05, 0) is 31.6 Å². The fraction of sp³-hybridized carbons (Fsp3) is 0.500. The van der Waals surface area contributed by atoms with Crippen LogP contribution in [-0.2, 0) is 0 Å². The molecule has 5 heteroatoms. The van der Waals surface area contributed by atoms with Crippen LogP contribution in [0.25, 0.3) is 0 Å². The highest BCUT2D eigenvalue weighted by atomic mass is 32.2. The number of nitriles is 1. The molecule has 2 unspecified atom stereocenters. The Hall–Kier alpha value is -1.41. The van der Waals surface area contributed by atoms with Gasteiger partial charge >= 0.3 is 0 Å². The zero-order valence-corrected chi connectivity index (χ0v) is 10.6. The number of hydrogen-bond acceptors (Lipinski definition) is 5. The van der Waals surface area contributed by atoms with Gasteiger partial charge in [-0.15, -0.1) is 0 Å². The van der Waals surface area contributed by atoms with E-state index in [-0.39, 0.29) is 0 Å². The summed E-state index contributed by atoms with van der Waals surface area (Å²) in [6.07, 6.45) is 7.29. The molecule has 1 fully saturated rings. The third kappa shape index (κ3) is 2.64. The van der Waals surface area contributed by atoms with Crippen molar-refractivity contribution in [1.29, 1.82) is 5.26 Å². The first-order chi connectivity index (χ1) is 8.24. The molecular weight excluding hydrogens is 232 g/mol. The van der Waals surface area contributed by atoms with Crippen LogP contribution in [0.4, 0.5) is 11.5 Å². The number of rotatable bonds is 3. The van der Waals surface area contributed by atoms with Gasteiger partial charge < -0.3 is 11.1 Å². The molecule has 2 atom stereocenters. The number of nitrogen functional groups attached to an aromatic ring is 1. The average molecular weight is 248 g/mol. The van der Waals surface area contributed by atoms with E-state index < -0.39 is 0 Å². The molecule has 4 nitrogen and oxygen atoms in total. The van der Waals surface area contributed by atoms with Crippen LogP contribution in [0, 0.1) is 11.3 Å². The van der Waals surface area contributed by atoms with E-state index in [1.807, 2.05) is 11.8 Å². The highest BCUT2D eigenvalue weighted by molar-refractivity contribution is 7.99. The SMILES string of the molecule is CSC1CCC(Nc2nccc(C#N)c2N)C1. The maximum atomic E-state index is 8.89. The predicted molar refractivity (Wildman–Crippen MR) is 71.9 cm³/mol. The molecule has 90 valence electrons. The minimum absolute atomic E-state index is 0.427. The molecular formula is C12H16N4S. The number of anilines is 2. The van der Waals surface area contributed by atoms with Gasteiger partial charge in [-0.2, -0.15) is 17.0 Å². The third-order valence-electron chi connectivity index (χ3n) is 3.17. The van der Waals surface area contributed by atoms with Gasteiger partial charge in [-0.1, -0.05) is 0 Å². The van der Waals surface area contributed by atoms with Crippen molar-refractivity contribution in [3.05, 3.63) is 17.8 Å². The molecule has 0 bridgehead atoms. The largest absolute Gasteiger partial charge is 0.395 e. The number of nitrogens with two attached hydrogens (primary N) is 1. The molecule has 1 heterocycles. The Morgan fingerprint density at radius 1 is 1.59 bits per heavy atom. The lowest BCUT2D eigenvalue weighted by Gasteiger charge is -2.15. The van der Waals surface area contributed by atoms with Crippen molar-refractivity contribution in [3.63, 3.8) is 0 Å². The minimum atomic E-state index is 0.427. The standard InChI is InChI=1S/C12H16N4S/c1-17-10-3-2-9(6-10)16-12-11(14)8(7-13)4-5-15-12/h4-5,9-10H,2-3,6,14H2,1H3,(H,15,16). The van der Waals surface area contributed by atoms with Crippen molar-refractivity contribution < 1.29 is 0 Å². The van der Waals surface area contributed by atoms with Crippen LogP contribution in [0.15, 0.2) is 12.3 Å². The molecule has 1 aromatic rings. The van der Waals surface area contributed by atoms with Gasteiger partial charge in [0.1, 0.15) is 6.07 Å². The molecule has 3 N–H and O–H groups in total. The van der Waals surface area contributed by atoms with Crippen LogP contribution >= 0.6 is 11.8 Å². The summed E-state index contributed by atoms with van der Waals surface area (Å²) in [6, 6.07) is 4.14. The van der Waals surface area contributed by atoms with E-state index in [0.717, 1.165) is 18.1 Å². The first-order valence-corrected chi connectivity index (χ1v) is 6.97. The maximum Gasteiger partial charge on any atom is 0.150 e. The Bertz CT molecular complexity index is 441. The molecule has 0 radical (unpaired) electrons. The molecule has 0 amide bonds. The second kappa shape index (κ2) is 5.28. The fourth-order valence-corrected chi connectivity index (χ4v) is 2.96. The van der Waals surface area contributed by atoms with Crippen molar-refractivity contribution in [2.75, 3.05) is 17.3 Å². The topological polar surface area (TPSA) is 74.7 Å². The second-order valence-electron chi connectivity index (χ2n) is 4.24. The number of thioether (sulfide) groups is 1. The van der Waals surface area contributed by atoms with Gasteiger partial charge in [0.2, 0.25) is 0 Å². The summed E-state index contributed by atoms with van der Waals surface area (Å²) in [5.41, 5.74) is 6.84. The smallest absolute Gasteiger partial charge is 0.150 e. The van der Waals surface area contributed by atoms with E-state index >= 15 is 0 Å². The Balaban J connectivity index is 2.07. The lowest BCUT2D eigenvalue weighted by atomic mass is 10.2. The van der Waals surface area contributed by atoms with Gasteiger partial charge in [0.25, 0.3) is 0 Å². The van der Waals surface area contributed by atoms with Crippen LogP contribution in [-0.4, -0.2) is 22.5 Å². The van der Waals surface area contributed by atoms with E-state index in [0.29, 0.717) is 23.1 Å². The fourth-order valence-electron chi connectivity index (χ4n) is 2.16. The number of aromatic nitrogens is 1. The Labute approximate surface area is 106 Å². The lowest BCUT2D eigenvalue weighted by Crippen LogP contribution is -2.18. The summed E-state index contributed by atoms with van der Waals surface area (Å²) in [7, 11) is 0. The lowest BCUT2D eigenvalue weighted by molar-refractivity contribution is 0.752. The first kappa shape index (κ1) is 12.1. The molecule has 0 saturated heterocycles. The number of nitrogens with zero attached hydrogens (tertiary/aromatic N) is 2. The number of nitrogens with one attached hydrogen (secondary N) is 1. The molecule has 0 aromatic carbocycles. The second-order valence-corrected chi connectivity index (χ2v) is 5.38. The van der Waals surface area contributed by atoms with Gasteiger partial charge in [0.05, 0.1) is 11.3 Å². The van der Waals surface area contributed by atoms with Crippen LogP contribution in [0.1, 0.15) is 24.8 Å². The summed E-state index contributed by atoms with van der Waals surface area (Å²) in [5.74, 6) is 0.649. The third-order valence-corrected chi connectivity index (χ3v) is 4.26. The normalized spacial score (nSPS) is 23.3. The van der Waals surface area contributed by atoms with Gasteiger partial charge in [-0.3, -0.25) is 0 Å². The molecule has 1 aliphatic carbocycles. The average Bonchev–Trinajstić information content (AvgIpc) is 2.79. The Morgan fingerprint density at radius 2 is 2.41 bits per heavy atom. The van der Waals surface area contributed by atoms with Crippen molar-refractivity contribution in [2.24, 2.45) is 0 Å². The molecule has 17 heavy (non-hydrogen) atoms. The van der Waals surface area contributed by atoms with Crippen molar-refractivity contribution in [3.8, 4) is 6.07 Å². The van der Waals surface area contributed by atoms with Crippen molar-refractivity contribution >= 4 is 23.3 Å². The van der Waals surface area contributed by atoms with Crippen LogP contribution in [0.5, 0.6) is 0 Å². The Morgan fingerprint density at radius 3 is 3.06 bits per heavy atom. The predicted octanol–water partition coefficient (Wildman–Crippen LogP) is 2.23. The molecule has 0 aliphatic heterocycles. The van der Waals surface area contributed by atoms with E-state index in [1.54, 1.807) is 12.3 Å².